The number of nitrogens with one attached hydrogen (secondary N) is 1. The van der Waals surface area contributed by atoms with E-state index in [1.807, 2.05) is 44.2 Å². The van der Waals surface area contributed by atoms with Crippen LogP contribution in [0.2, 0.25) is 0 Å². The van der Waals surface area contributed by atoms with Gasteiger partial charge in [0, 0.05) is 29.9 Å². The number of hydrogen-bond acceptors (Lipinski definition) is 5. The predicted molar refractivity (Wildman–Crippen MR) is 125 cm³/mol. The fourth-order valence-corrected chi connectivity index (χ4v) is 5.42. The summed E-state index contributed by atoms with van der Waals surface area (Å²) in [6.07, 6.45) is 0. The molecule has 1 amide bonds. The third-order valence-electron chi connectivity index (χ3n) is 5.61. The zero-order chi connectivity index (χ0) is 22.9. The van der Waals surface area contributed by atoms with Gasteiger partial charge in [0.05, 0.1) is 29.2 Å². The van der Waals surface area contributed by atoms with Crippen LogP contribution in [-0.4, -0.2) is 49.9 Å². The van der Waals surface area contributed by atoms with Crippen molar-refractivity contribution in [1.29, 1.82) is 0 Å². The smallest absolute Gasteiger partial charge is 0.256 e. The highest BCUT2D eigenvalue weighted by Crippen LogP contribution is 2.27. The van der Waals surface area contributed by atoms with E-state index >= 15 is 0 Å². The molecule has 3 aromatic rings. The summed E-state index contributed by atoms with van der Waals surface area (Å²) in [5.41, 5.74) is 3.15. The van der Waals surface area contributed by atoms with E-state index in [1.165, 1.54) is 10.4 Å². The lowest BCUT2D eigenvalue weighted by Crippen LogP contribution is -2.40. The highest BCUT2D eigenvalue weighted by molar-refractivity contribution is 7.89. The van der Waals surface area contributed by atoms with Crippen LogP contribution in [0.3, 0.4) is 0 Å². The van der Waals surface area contributed by atoms with E-state index in [0.29, 0.717) is 43.1 Å². The van der Waals surface area contributed by atoms with Gasteiger partial charge in [0.1, 0.15) is 0 Å². The summed E-state index contributed by atoms with van der Waals surface area (Å²) in [5.74, 6) is -0.139. The van der Waals surface area contributed by atoms with Gasteiger partial charge in [-0.05, 0) is 42.7 Å². The first-order valence-corrected chi connectivity index (χ1v) is 12.1. The number of fused-ring (bicyclic) bond motifs is 1. The zero-order valence-electron chi connectivity index (χ0n) is 18.5. The van der Waals surface area contributed by atoms with Crippen molar-refractivity contribution in [3.05, 3.63) is 65.4 Å². The molecule has 0 unspecified atom stereocenters. The van der Waals surface area contributed by atoms with Crippen molar-refractivity contribution in [2.24, 2.45) is 0 Å². The fourth-order valence-electron chi connectivity index (χ4n) is 3.76. The monoisotopic (exact) mass is 453 g/mol. The van der Waals surface area contributed by atoms with E-state index in [2.05, 4.69) is 10.3 Å². The van der Waals surface area contributed by atoms with E-state index in [4.69, 9.17) is 4.74 Å². The van der Waals surface area contributed by atoms with Gasteiger partial charge in [0.15, 0.2) is 0 Å². The van der Waals surface area contributed by atoms with Gasteiger partial charge in [0.2, 0.25) is 10.0 Å². The highest BCUT2D eigenvalue weighted by Gasteiger charge is 2.28. The summed E-state index contributed by atoms with van der Waals surface area (Å²) in [6.45, 7) is 7.20. The van der Waals surface area contributed by atoms with Gasteiger partial charge in [-0.1, -0.05) is 38.1 Å². The molecular formula is C24H27N3O4S. The molecule has 0 spiro atoms. The van der Waals surface area contributed by atoms with Gasteiger partial charge in [-0.3, -0.25) is 9.78 Å². The van der Waals surface area contributed by atoms with Crippen LogP contribution in [0.5, 0.6) is 0 Å². The number of anilines is 1. The number of hydrogen-bond donors (Lipinski definition) is 1. The lowest BCUT2D eigenvalue weighted by Gasteiger charge is -2.26. The first-order chi connectivity index (χ1) is 15.3. The second-order valence-electron chi connectivity index (χ2n) is 8.22. The number of carbonyl (C=O) groups is 1. The molecule has 1 aliphatic heterocycles. The molecule has 0 saturated carbocycles. The van der Waals surface area contributed by atoms with Crippen molar-refractivity contribution < 1.29 is 17.9 Å². The SMILES string of the molecule is Cc1ccc(NC(=O)c2cc(C(C)C)nc3ccccc23)cc1S(=O)(=O)N1CCOCC1. The molecule has 2 heterocycles. The highest BCUT2D eigenvalue weighted by atomic mass is 32.2. The molecule has 168 valence electrons. The average Bonchev–Trinajstić information content (AvgIpc) is 2.80. The van der Waals surface area contributed by atoms with Crippen molar-refractivity contribution in [1.82, 2.24) is 9.29 Å². The lowest BCUT2D eigenvalue weighted by atomic mass is 10.0. The van der Waals surface area contributed by atoms with Crippen LogP contribution in [0.1, 0.15) is 41.4 Å². The summed E-state index contributed by atoms with van der Waals surface area (Å²) in [5, 5.41) is 3.64. The number of aromatic nitrogens is 1. The molecule has 1 N–H and O–H groups in total. The van der Waals surface area contributed by atoms with Gasteiger partial charge >= 0.3 is 0 Å². The van der Waals surface area contributed by atoms with Gasteiger partial charge < -0.3 is 10.1 Å². The van der Waals surface area contributed by atoms with E-state index in [0.717, 1.165) is 16.6 Å². The Hall–Kier alpha value is -2.81. The van der Waals surface area contributed by atoms with Crippen molar-refractivity contribution in [3.63, 3.8) is 0 Å². The molecule has 0 aliphatic carbocycles. The number of nitrogens with zero attached hydrogens (tertiary/aromatic N) is 2. The number of rotatable bonds is 5. The Bertz CT molecular complexity index is 1270. The topological polar surface area (TPSA) is 88.6 Å². The van der Waals surface area contributed by atoms with Gasteiger partial charge in [-0.2, -0.15) is 4.31 Å². The lowest BCUT2D eigenvalue weighted by molar-refractivity contribution is 0.0730. The van der Waals surface area contributed by atoms with Crippen LogP contribution in [0, 0.1) is 6.92 Å². The first-order valence-electron chi connectivity index (χ1n) is 10.7. The Morgan fingerprint density at radius 2 is 1.81 bits per heavy atom. The van der Waals surface area contributed by atoms with Crippen LogP contribution in [-0.2, 0) is 14.8 Å². The minimum absolute atomic E-state index is 0.163. The normalized spacial score (nSPS) is 15.2. The Morgan fingerprint density at radius 1 is 1.09 bits per heavy atom. The number of aryl methyl sites for hydroxylation is 1. The number of amides is 1. The van der Waals surface area contributed by atoms with Crippen LogP contribution >= 0.6 is 0 Å². The summed E-state index contributed by atoms with van der Waals surface area (Å²) < 4.78 is 33.0. The number of carbonyl (C=O) groups excluding carboxylic acids is 1. The summed E-state index contributed by atoms with van der Waals surface area (Å²) in [7, 11) is -3.68. The van der Waals surface area contributed by atoms with Crippen molar-refractivity contribution in [3.8, 4) is 0 Å². The van der Waals surface area contributed by atoms with Crippen molar-refractivity contribution >= 4 is 32.5 Å². The molecule has 7 nitrogen and oxygen atoms in total. The summed E-state index contributed by atoms with van der Waals surface area (Å²) >= 11 is 0. The standard InChI is InChI=1S/C24H27N3O4S/c1-16(2)22-15-20(19-6-4-5-7-21(19)26-22)24(28)25-18-9-8-17(3)23(14-18)32(29,30)27-10-12-31-13-11-27/h4-9,14-16H,10-13H2,1-3H3,(H,25,28). The summed E-state index contributed by atoms with van der Waals surface area (Å²) in [6, 6.07) is 14.3. The van der Waals surface area contributed by atoms with Crippen LogP contribution in [0.25, 0.3) is 10.9 Å². The molecule has 1 aliphatic rings. The van der Waals surface area contributed by atoms with Crippen LogP contribution in [0.4, 0.5) is 5.69 Å². The molecule has 32 heavy (non-hydrogen) atoms. The Kier molecular flexibility index (Phi) is 6.28. The molecule has 0 atom stereocenters. The van der Waals surface area contributed by atoms with E-state index in [-0.39, 0.29) is 16.7 Å². The number of benzene rings is 2. The number of morpholine rings is 1. The Morgan fingerprint density at radius 3 is 2.53 bits per heavy atom. The first kappa shape index (κ1) is 22.4. The number of para-hydroxylation sites is 1. The van der Waals surface area contributed by atoms with Gasteiger partial charge in [-0.15, -0.1) is 0 Å². The Labute approximate surface area is 188 Å². The number of ether oxygens (including phenoxy) is 1. The van der Waals surface area contributed by atoms with E-state index in [9.17, 15) is 13.2 Å². The van der Waals surface area contributed by atoms with Crippen molar-refractivity contribution in [2.75, 3.05) is 31.6 Å². The van der Waals surface area contributed by atoms with E-state index in [1.54, 1.807) is 19.1 Å². The molecule has 1 saturated heterocycles. The molecule has 1 fully saturated rings. The molecule has 8 heteroatoms. The number of sulfonamides is 1. The molecular weight excluding hydrogens is 426 g/mol. The van der Waals surface area contributed by atoms with Crippen LogP contribution < -0.4 is 5.32 Å². The zero-order valence-corrected chi connectivity index (χ0v) is 19.3. The molecule has 4 rings (SSSR count). The quantitative estimate of drug-likeness (QED) is 0.632. The Balaban J connectivity index is 1.68. The average molecular weight is 454 g/mol. The third-order valence-corrected chi connectivity index (χ3v) is 7.65. The largest absolute Gasteiger partial charge is 0.379 e. The van der Waals surface area contributed by atoms with Gasteiger partial charge in [0.25, 0.3) is 5.91 Å². The third kappa shape index (κ3) is 4.39. The molecule has 2 aromatic carbocycles. The number of pyridine rings is 1. The predicted octanol–water partition coefficient (Wildman–Crippen LogP) is 3.94. The minimum Gasteiger partial charge on any atom is -0.379 e. The maximum atomic E-state index is 13.2. The summed E-state index contributed by atoms with van der Waals surface area (Å²) in [4.78, 5) is 18.1. The maximum absolute atomic E-state index is 13.2. The maximum Gasteiger partial charge on any atom is 0.256 e. The minimum atomic E-state index is -3.68. The second-order valence-corrected chi connectivity index (χ2v) is 10.1. The molecule has 0 bridgehead atoms. The second kappa shape index (κ2) is 8.97. The van der Waals surface area contributed by atoms with Crippen LogP contribution in [0.15, 0.2) is 53.4 Å². The van der Waals surface area contributed by atoms with Crippen molar-refractivity contribution in [2.45, 2.75) is 31.6 Å². The molecule has 0 radical (unpaired) electrons. The van der Waals surface area contributed by atoms with E-state index < -0.39 is 10.0 Å². The fraction of sp³-hybridized carbons (Fsp3) is 0.333. The molecule has 1 aromatic heterocycles. The van der Waals surface area contributed by atoms with Gasteiger partial charge in [-0.25, -0.2) is 8.42 Å².